The normalized spacial score (nSPS) is 15.6. The van der Waals surface area contributed by atoms with Crippen molar-refractivity contribution >= 4 is 12.0 Å². The zero-order valence-electron chi connectivity index (χ0n) is 23.6. The molecule has 0 aliphatic carbocycles. The van der Waals surface area contributed by atoms with Crippen LogP contribution >= 0.6 is 0 Å². The van der Waals surface area contributed by atoms with Crippen LogP contribution in [0.25, 0.3) is 0 Å². The minimum atomic E-state index is -0.765. The molecule has 2 aromatic rings. The molecule has 7 nitrogen and oxygen atoms in total. The van der Waals surface area contributed by atoms with E-state index in [2.05, 4.69) is 37.9 Å². The predicted molar refractivity (Wildman–Crippen MR) is 147 cm³/mol. The van der Waals surface area contributed by atoms with E-state index in [9.17, 15) is 9.59 Å². The summed E-state index contributed by atoms with van der Waals surface area (Å²) in [5, 5.41) is 3.08. The zero-order valence-corrected chi connectivity index (χ0v) is 23.6. The second-order valence-electron chi connectivity index (χ2n) is 11.3. The predicted octanol–water partition coefficient (Wildman–Crippen LogP) is 5.86. The maximum Gasteiger partial charge on any atom is 0.411 e. The van der Waals surface area contributed by atoms with Crippen LogP contribution in [0.15, 0.2) is 42.5 Å². The lowest BCUT2D eigenvalue weighted by Gasteiger charge is -2.37. The van der Waals surface area contributed by atoms with Gasteiger partial charge >= 0.3 is 6.09 Å². The Kier molecular flexibility index (Phi) is 9.24. The maximum absolute atomic E-state index is 13.6. The van der Waals surface area contributed by atoms with Gasteiger partial charge in [0.2, 0.25) is 5.91 Å². The number of fused-ring (bicyclic) bond motifs is 1. The van der Waals surface area contributed by atoms with Gasteiger partial charge in [0.05, 0.1) is 0 Å². The summed E-state index contributed by atoms with van der Waals surface area (Å²) < 4.78 is 11.7. The quantitative estimate of drug-likeness (QED) is 0.483. The van der Waals surface area contributed by atoms with Crippen LogP contribution in [-0.4, -0.2) is 59.1 Å². The topological polar surface area (TPSA) is 71.1 Å². The molecular weight excluding hydrogens is 466 g/mol. The summed E-state index contributed by atoms with van der Waals surface area (Å²) in [6.07, 6.45) is 0.127. The van der Waals surface area contributed by atoms with E-state index in [0.717, 1.165) is 23.4 Å². The molecular formula is C30H43N3O4. The van der Waals surface area contributed by atoms with Gasteiger partial charge in [-0.25, -0.2) is 4.79 Å². The highest BCUT2D eigenvalue weighted by atomic mass is 16.6. The third-order valence-corrected chi connectivity index (χ3v) is 6.47. The SMILES string of the molecule is Cc1ccc(Oc2ccc3c(c2)CCN(C(=O)OC(C)(C)C)C3C(=O)NCCN(C(C)C)C(C)C)cc1. The van der Waals surface area contributed by atoms with E-state index in [-0.39, 0.29) is 5.91 Å². The summed E-state index contributed by atoms with van der Waals surface area (Å²) in [4.78, 5) is 30.6. The molecule has 37 heavy (non-hydrogen) atoms. The summed E-state index contributed by atoms with van der Waals surface area (Å²) in [5.74, 6) is 1.26. The standard InChI is InChI=1S/C30H43N3O4/c1-20(2)32(21(3)4)18-16-31-28(34)27-26-14-13-25(36-24-11-9-22(5)10-12-24)19-23(26)15-17-33(27)29(35)37-30(6,7)8/h9-14,19-21,27H,15-18H2,1-8H3,(H,31,34). The van der Waals surface area contributed by atoms with Crippen molar-refractivity contribution in [2.45, 2.75) is 85.5 Å². The van der Waals surface area contributed by atoms with Gasteiger partial charge in [-0.15, -0.1) is 0 Å². The number of hydrogen-bond acceptors (Lipinski definition) is 5. The minimum absolute atomic E-state index is 0.202. The molecule has 0 saturated heterocycles. The Morgan fingerprint density at radius 1 is 1.03 bits per heavy atom. The molecule has 0 spiro atoms. The van der Waals surface area contributed by atoms with Crippen molar-refractivity contribution < 1.29 is 19.1 Å². The molecule has 0 radical (unpaired) electrons. The fourth-order valence-electron chi connectivity index (χ4n) is 4.73. The van der Waals surface area contributed by atoms with Crippen LogP contribution in [0.4, 0.5) is 4.79 Å². The highest BCUT2D eigenvalue weighted by Crippen LogP contribution is 2.34. The molecule has 1 aliphatic rings. The van der Waals surface area contributed by atoms with Gasteiger partial charge in [0.25, 0.3) is 0 Å². The first kappa shape index (κ1) is 28.5. The van der Waals surface area contributed by atoms with Gasteiger partial charge in [0, 0.05) is 31.7 Å². The lowest BCUT2D eigenvalue weighted by molar-refractivity contribution is -0.127. The molecule has 202 valence electrons. The number of nitrogens with zero attached hydrogens (tertiary/aromatic N) is 2. The average molecular weight is 510 g/mol. The number of carbonyl (C=O) groups excluding carboxylic acids is 2. The molecule has 2 aromatic carbocycles. The Labute approximate surface area is 222 Å². The molecule has 1 aliphatic heterocycles. The molecule has 1 heterocycles. The summed E-state index contributed by atoms with van der Waals surface area (Å²) in [7, 11) is 0. The largest absolute Gasteiger partial charge is 0.457 e. The highest BCUT2D eigenvalue weighted by Gasteiger charge is 2.38. The summed E-state index contributed by atoms with van der Waals surface area (Å²) in [5.41, 5.74) is 2.31. The zero-order chi connectivity index (χ0) is 27.3. The Hall–Kier alpha value is -3.06. The van der Waals surface area contributed by atoms with Crippen LogP contribution in [0.3, 0.4) is 0 Å². The first-order valence-electron chi connectivity index (χ1n) is 13.3. The van der Waals surface area contributed by atoms with Crippen LogP contribution in [0, 0.1) is 6.92 Å². The molecule has 0 saturated carbocycles. The Balaban J connectivity index is 1.83. The molecule has 0 aromatic heterocycles. The number of nitrogens with one attached hydrogen (secondary N) is 1. The number of rotatable bonds is 8. The second-order valence-corrected chi connectivity index (χ2v) is 11.3. The van der Waals surface area contributed by atoms with Gasteiger partial charge in [-0.1, -0.05) is 23.8 Å². The van der Waals surface area contributed by atoms with Crippen LogP contribution in [0.2, 0.25) is 0 Å². The van der Waals surface area contributed by atoms with E-state index in [1.54, 1.807) is 4.90 Å². The maximum atomic E-state index is 13.6. The van der Waals surface area contributed by atoms with Gasteiger partial charge in [0.15, 0.2) is 0 Å². The van der Waals surface area contributed by atoms with E-state index in [1.165, 1.54) is 5.56 Å². The molecule has 3 rings (SSSR count). The second kappa shape index (κ2) is 12.0. The van der Waals surface area contributed by atoms with Crippen LogP contribution in [-0.2, 0) is 16.0 Å². The van der Waals surface area contributed by atoms with Crippen molar-refractivity contribution in [3.63, 3.8) is 0 Å². The van der Waals surface area contributed by atoms with Crippen molar-refractivity contribution in [3.05, 3.63) is 59.2 Å². The van der Waals surface area contributed by atoms with E-state index in [1.807, 2.05) is 70.2 Å². The van der Waals surface area contributed by atoms with E-state index in [0.29, 0.717) is 37.3 Å². The first-order chi connectivity index (χ1) is 17.4. The van der Waals surface area contributed by atoms with E-state index < -0.39 is 17.7 Å². The average Bonchev–Trinajstić information content (AvgIpc) is 2.80. The van der Waals surface area contributed by atoms with Gasteiger partial charge in [0.1, 0.15) is 23.1 Å². The monoisotopic (exact) mass is 509 g/mol. The van der Waals surface area contributed by atoms with Crippen molar-refractivity contribution in [1.82, 2.24) is 15.1 Å². The van der Waals surface area contributed by atoms with Gasteiger partial charge in [-0.2, -0.15) is 0 Å². The Bertz CT molecular complexity index is 1070. The van der Waals surface area contributed by atoms with Crippen LogP contribution in [0.1, 0.15) is 71.2 Å². The van der Waals surface area contributed by atoms with Crippen molar-refractivity contribution in [1.29, 1.82) is 0 Å². The van der Waals surface area contributed by atoms with Gasteiger partial charge < -0.3 is 14.8 Å². The summed E-state index contributed by atoms with van der Waals surface area (Å²) >= 11 is 0. The van der Waals surface area contributed by atoms with Crippen LogP contribution in [0.5, 0.6) is 11.5 Å². The summed E-state index contributed by atoms with van der Waals surface area (Å²) in [6.45, 7) is 17.8. The van der Waals surface area contributed by atoms with Gasteiger partial charge in [-0.05, 0) is 97.2 Å². The van der Waals surface area contributed by atoms with Crippen LogP contribution < -0.4 is 10.1 Å². The Morgan fingerprint density at radius 2 is 1.65 bits per heavy atom. The lowest BCUT2D eigenvalue weighted by atomic mass is 9.92. The first-order valence-corrected chi connectivity index (χ1v) is 13.3. The number of carbonyl (C=O) groups is 2. The Morgan fingerprint density at radius 3 is 2.24 bits per heavy atom. The summed E-state index contributed by atoms with van der Waals surface area (Å²) in [6, 6.07) is 13.6. The van der Waals surface area contributed by atoms with Crippen molar-refractivity contribution in [3.8, 4) is 11.5 Å². The molecule has 1 unspecified atom stereocenters. The molecule has 7 heteroatoms. The number of aryl methyl sites for hydroxylation is 1. The van der Waals surface area contributed by atoms with Gasteiger partial charge in [-0.3, -0.25) is 14.6 Å². The van der Waals surface area contributed by atoms with Crippen molar-refractivity contribution in [2.24, 2.45) is 0 Å². The number of ether oxygens (including phenoxy) is 2. The molecule has 0 fully saturated rings. The minimum Gasteiger partial charge on any atom is -0.457 e. The number of amides is 2. The van der Waals surface area contributed by atoms with Crippen molar-refractivity contribution in [2.75, 3.05) is 19.6 Å². The van der Waals surface area contributed by atoms with E-state index in [4.69, 9.17) is 9.47 Å². The third kappa shape index (κ3) is 7.71. The number of benzene rings is 2. The third-order valence-electron chi connectivity index (χ3n) is 6.47. The lowest BCUT2D eigenvalue weighted by Crippen LogP contribution is -2.50. The molecule has 1 atom stereocenters. The fraction of sp³-hybridized carbons (Fsp3) is 0.533. The number of hydrogen-bond donors (Lipinski definition) is 1. The molecule has 2 amide bonds. The van der Waals surface area contributed by atoms with E-state index >= 15 is 0 Å². The molecule has 1 N–H and O–H groups in total. The fourth-order valence-corrected chi connectivity index (χ4v) is 4.73. The highest BCUT2D eigenvalue weighted by molar-refractivity contribution is 5.88. The smallest absolute Gasteiger partial charge is 0.411 e. The molecule has 0 bridgehead atoms.